The highest BCUT2D eigenvalue weighted by atomic mass is 32.2. The van der Waals surface area contributed by atoms with Gasteiger partial charge in [0.1, 0.15) is 0 Å². The fourth-order valence-corrected chi connectivity index (χ4v) is 3.46. The van der Waals surface area contributed by atoms with Gasteiger partial charge in [0.15, 0.2) is 0 Å². The molecule has 1 aliphatic rings. The average Bonchev–Trinajstić information content (AvgIpc) is 2.32. The minimum Gasteiger partial charge on any atom is -0.207 e. The summed E-state index contributed by atoms with van der Waals surface area (Å²) in [6.45, 7) is 4.02. The van der Waals surface area contributed by atoms with Crippen LogP contribution in [0, 0.1) is 12.8 Å². The van der Waals surface area contributed by atoms with Crippen molar-refractivity contribution in [1.82, 2.24) is 4.72 Å². The molecule has 1 aliphatic carbocycles. The van der Waals surface area contributed by atoms with Gasteiger partial charge in [-0.25, -0.2) is 13.1 Å². The van der Waals surface area contributed by atoms with Gasteiger partial charge in [-0.3, -0.25) is 0 Å². The highest BCUT2D eigenvalue weighted by Crippen LogP contribution is 2.20. The van der Waals surface area contributed by atoms with Gasteiger partial charge in [-0.1, -0.05) is 36.8 Å². The van der Waals surface area contributed by atoms with Crippen LogP contribution in [0.5, 0.6) is 0 Å². The SMILES string of the molecule is Cc1ccc(S(=O)(=O)N[C@@H]2CC=CC[C@H]2C)cc1. The number of nitrogens with one attached hydrogen (secondary N) is 1. The largest absolute Gasteiger partial charge is 0.240 e. The van der Waals surface area contributed by atoms with Gasteiger partial charge in [0, 0.05) is 6.04 Å². The summed E-state index contributed by atoms with van der Waals surface area (Å²) in [5, 5.41) is 0. The van der Waals surface area contributed by atoms with Crippen LogP contribution in [0.3, 0.4) is 0 Å². The van der Waals surface area contributed by atoms with Crippen molar-refractivity contribution >= 4 is 10.0 Å². The van der Waals surface area contributed by atoms with Crippen molar-refractivity contribution in [1.29, 1.82) is 0 Å². The van der Waals surface area contributed by atoms with Gasteiger partial charge in [0.05, 0.1) is 4.90 Å². The fourth-order valence-electron chi connectivity index (χ4n) is 2.10. The fraction of sp³-hybridized carbons (Fsp3) is 0.429. The molecule has 1 aromatic carbocycles. The first-order valence-corrected chi connectivity index (χ1v) is 7.71. The molecule has 0 spiro atoms. The Morgan fingerprint density at radius 2 is 1.72 bits per heavy atom. The van der Waals surface area contributed by atoms with E-state index in [1.54, 1.807) is 12.1 Å². The monoisotopic (exact) mass is 265 g/mol. The minimum absolute atomic E-state index is 0.00121. The second kappa shape index (κ2) is 5.24. The minimum atomic E-state index is -3.39. The lowest BCUT2D eigenvalue weighted by molar-refractivity contribution is 0.411. The molecule has 1 N–H and O–H groups in total. The maximum atomic E-state index is 12.2. The van der Waals surface area contributed by atoms with E-state index in [1.807, 2.05) is 25.1 Å². The summed E-state index contributed by atoms with van der Waals surface area (Å²) < 4.78 is 27.2. The molecule has 0 unspecified atom stereocenters. The van der Waals surface area contributed by atoms with Crippen molar-refractivity contribution in [2.75, 3.05) is 0 Å². The third kappa shape index (κ3) is 3.00. The van der Waals surface area contributed by atoms with Crippen molar-refractivity contribution in [3.63, 3.8) is 0 Å². The van der Waals surface area contributed by atoms with Crippen molar-refractivity contribution in [2.24, 2.45) is 5.92 Å². The summed E-state index contributed by atoms with van der Waals surface area (Å²) in [5.41, 5.74) is 1.06. The molecule has 0 saturated heterocycles. The number of aryl methyl sites for hydroxylation is 1. The first-order valence-electron chi connectivity index (χ1n) is 6.23. The van der Waals surface area contributed by atoms with E-state index in [0.717, 1.165) is 18.4 Å². The van der Waals surface area contributed by atoms with Crippen LogP contribution in [0.2, 0.25) is 0 Å². The van der Waals surface area contributed by atoms with Gasteiger partial charge in [-0.15, -0.1) is 0 Å². The topological polar surface area (TPSA) is 46.2 Å². The lowest BCUT2D eigenvalue weighted by Gasteiger charge is -2.26. The van der Waals surface area contributed by atoms with E-state index in [2.05, 4.69) is 17.7 Å². The predicted molar refractivity (Wildman–Crippen MR) is 72.8 cm³/mol. The van der Waals surface area contributed by atoms with Crippen LogP contribution < -0.4 is 4.72 Å². The van der Waals surface area contributed by atoms with Crippen LogP contribution in [0.1, 0.15) is 25.3 Å². The molecule has 2 atom stereocenters. The lowest BCUT2D eigenvalue weighted by atomic mass is 9.92. The maximum absolute atomic E-state index is 12.2. The molecule has 0 saturated carbocycles. The van der Waals surface area contributed by atoms with Crippen molar-refractivity contribution in [2.45, 2.75) is 37.6 Å². The zero-order valence-corrected chi connectivity index (χ0v) is 11.6. The molecule has 0 aliphatic heterocycles. The second-order valence-electron chi connectivity index (χ2n) is 4.96. The Bertz CT molecular complexity index is 531. The van der Waals surface area contributed by atoms with Gasteiger partial charge in [-0.2, -0.15) is 0 Å². The summed E-state index contributed by atoms with van der Waals surface area (Å²) in [6, 6.07) is 6.95. The quantitative estimate of drug-likeness (QED) is 0.854. The van der Waals surface area contributed by atoms with Crippen LogP contribution in [0.15, 0.2) is 41.3 Å². The van der Waals surface area contributed by atoms with E-state index in [1.165, 1.54) is 0 Å². The number of allylic oxidation sites excluding steroid dienone is 1. The van der Waals surface area contributed by atoms with Crippen molar-refractivity contribution < 1.29 is 8.42 Å². The summed E-state index contributed by atoms with van der Waals surface area (Å²) >= 11 is 0. The molecule has 18 heavy (non-hydrogen) atoms. The molecule has 0 bridgehead atoms. The highest BCUT2D eigenvalue weighted by molar-refractivity contribution is 7.89. The van der Waals surface area contributed by atoms with E-state index < -0.39 is 10.0 Å². The number of sulfonamides is 1. The lowest BCUT2D eigenvalue weighted by Crippen LogP contribution is -2.39. The van der Waals surface area contributed by atoms with Crippen molar-refractivity contribution in [3.8, 4) is 0 Å². The summed E-state index contributed by atoms with van der Waals surface area (Å²) in [7, 11) is -3.39. The number of rotatable bonds is 3. The number of hydrogen-bond donors (Lipinski definition) is 1. The second-order valence-corrected chi connectivity index (χ2v) is 6.67. The molecule has 0 heterocycles. The molecule has 98 valence electrons. The molecule has 1 aromatic rings. The molecular weight excluding hydrogens is 246 g/mol. The van der Waals surface area contributed by atoms with Crippen LogP contribution in [-0.2, 0) is 10.0 Å². The Morgan fingerprint density at radius 3 is 2.33 bits per heavy atom. The predicted octanol–water partition coefficient (Wildman–Crippen LogP) is 2.63. The van der Waals surface area contributed by atoms with E-state index in [4.69, 9.17) is 0 Å². The average molecular weight is 265 g/mol. The third-order valence-electron chi connectivity index (χ3n) is 3.39. The summed E-state index contributed by atoms with van der Waals surface area (Å²) in [4.78, 5) is 0.342. The Balaban J connectivity index is 2.16. The van der Waals surface area contributed by atoms with Gasteiger partial charge < -0.3 is 0 Å². The van der Waals surface area contributed by atoms with E-state index in [9.17, 15) is 8.42 Å². The van der Waals surface area contributed by atoms with E-state index >= 15 is 0 Å². The van der Waals surface area contributed by atoms with Crippen molar-refractivity contribution in [3.05, 3.63) is 42.0 Å². The zero-order valence-electron chi connectivity index (χ0n) is 10.8. The van der Waals surface area contributed by atoms with Gasteiger partial charge in [0.25, 0.3) is 0 Å². The third-order valence-corrected chi connectivity index (χ3v) is 4.90. The molecule has 4 heteroatoms. The van der Waals surface area contributed by atoms with Crippen LogP contribution in [0.4, 0.5) is 0 Å². The van der Waals surface area contributed by atoms with Gasteiger partial charge in [0.2, 0.25) is 10.0 Å². The highest BCUT2D eigenvalue weighted by Gasteiger charge is 2.24. The summed E-state index contributed by atoms with van der Waals surface area (Å²) in [6.07, 6.45) is 5.86. The molecule has 0 radical (unpaired) electrons. The Kier molecular flexibility index (Phi) is 3.88. The molecule has 3 nitrogen and oxygen atoms in total. The standard InChI is InChI=1S/C14H19NO2S/c1-11-7-9-13(10-8-11)18(16,17)15-14-6-4-3-5-12(14)2/h3-4,7-10,12,14-15H,5-6H2,1-2H3/t12-,14-/m1/s1. The first kappa shape index (κ1) is 13.3. The van der Waals surface area contributed by atoms with Crippen LogP contribution in [-0.4, -0.2) is 14.5 Å². The molecule has 0 aromatic heterocycles. The Hall–Kier alpha value is -1.13. The van der Waals surface area contributed by atoms with Crippen LogP contribution in [0.25, 0.3) is 0 Å². The smallest absolute Gasteiger partial charge is 0.207 e. The maximum Gasteiger partial charge on any atom is 0.240 e. The molecule has 0 fully saturated rings. The normalized spacial score (nSPS) is 24.1. The van der Waals surface area contributed by atoms with Gasteiger partial charge in [-0.05, 0) is 37.8 Å². The molecular formula is C14H19NO2S. The first-order chi connectivity index (χ1) is 8.49. The Labute approximate surface area is 109 Å². The molecule has 0 amide bonds. The molecule has 2 rings (SSSR count). The zero-order chi connectivity index (χ0) is 13.2. The van der Waals surface area contributed by atoms with Crippen LogP contribution >= 0.6 is 0 Å². The Morgan fingerprint density at radius 1 is 1.11 bits per heavy atom. The van der Waals surface area contributed by atoms with E-state index in [-0.39, 0.29) is 6.04 Å². The van der Waals surface area contributed by atoms with E-state index in [0.29, 0.717) is 10.8 Å². The number of hydrogen-bond acceptors (Lipinski definition) is 2. The summed E-state index contributed by atoms with van der Waals surface area (Å²) in [5.74, 6) is 0.343. The number of benzene rings is 1. The van der Waals surface area contributed by atoms with Gasteiger partial charge >= 0.3 is 0 Å².